The molecule has 0 saturated heterocycles. The molecular formula is C10H12Ni. The third-order valence-corrected chi connectivity index (χ3v) is 2.32. The first-order valence-corrected chi connectivity index (χ1v) is 4.70. The van der Waals surface area contributed by atoms with Gasteiger partial charge in [-0.2, -0.15) is 0 Å². The zero-order chi connectivity index (χ0) is 7.94. The Morgan fingerprint density at radius 1 is 1.45 bits per heavy atom. The van der Waals surface area contributed by atoms with Gasteiger partial charge in [0, 0.05) is 0 Å². The molecule has 0 nitrogen and oxygen atoms in total. The topological polar surface area (TPSA) is 0 Å². The molecule has 0 aromatic rings. The Hall–Kier alpha value is -0.546. The summed E-state index contributed by atoms with van der Waals surface area (Å²) in [7, 11) is 0. The van der Waals surface area contributed by atoms with E-state index in [9.17, 15) is 0 Å². The van der Waals surface area contributed by atoms with E-state index in [1.54, 1.807) is 14.4 Å². The van der Waals surface area contributed by atoms with Crippen LogP contribution in [0.3, 0.4) is 0 Å². The molecule has 62 valence electrons. The van der Waals surface area contributed by atoms with Crippen molar-refractivity contribution in [3.63, 3.8) is 0 Å². The zero-order valence-electron chi connectivity index (χ0n) is 6.56. The van der Waals surface area contributed by atoms with Crippen molar-refractivity contribution in [1.82, 2.24) is 0 Å². The summed E-state index contributed by atoms with van der Waals surface area (Å²) in [5, 5.41) is 2.13. The van der Waals surface area contributed by atoms with Crippen molar-refractivity contribution in [3.05, 3.63) is 46.0 Å². The summed E-state index contributed by atoms with van der Waals surface area (Å²) in [4.78, 5) is 0. The van der Waals surface area contributed by atoms with Crippen LogP contribution >= 0.6 is 0 Å². The number of allylic oxidation sites excluding steroid dienone is 7. The van der Waals surface area contributed by atoms with Gasteiger partial charge in [-0.25, -0.2) is 0 Å². The van der Waals surface area contributed by atoms with Crippen LogP contribution in [-0.4, -0.2) is 0 Å². The fourth-order valence-corrected chi connectivity index (χ4v) is 1.56. The van der Waals surface area contributed by atoms with Crippen LogP contribution in [0.1, 0.15) is 13.3 Å². The van der Waals surface area contributed by atoms with Crippen LogP contribution in [0.5, 0.6) is 0 Å². The SMILES string of the molecule is C/C=C/C=[CH]/[Ni][C]1=CC=CC1. The van der Waals surface area contributed by atoms with Gasteiger partial charge in [0.25, 0.3) is 0 Å². The maximum absolute atomic E-state index is 2.18. The summed E-state index contributed by atoms with van der Waals surface area (Å²) in [6.07, 6.45) is 13.7. The van der Waals surface area contributed by atoms with E-state index in [0.29, 0.717) is 0 Å². The van der Waals surface area contributed by atoms with Gasteiger partial charge < -0.3 is 0 Å². The number of hydrogen-bond acceptors (Lipinski definition) is 0. The van der Waals surface area contributed by atoms with Crippen molar-refractivity contribution >= 4 is 0 Å². The standard InChI is InChI=1S/C5H5.C5H7.Ni/c1-2-4-5-3-1;1-3-5-4-2;/h1-3H,4H2;1,3-5H,2H3;/b;3-1?,5-4+;. The van der Waals surface area contributed by atoms with E-state index < -0.39 is 0 Å². The van der Waals surface area contributed by atoms with E-state index >= 15 is 0 Å². The Morgan fingerprint density at radius 2 is 2.36 bits per heavy atom. The predicted molar refractivity (Wildman–Crippen MR) is 45.8 cm³/mol. The van der Waals surface area contributed by atoms with Crippen molar-refractivity contribution < 1.29 is 14.4 Å². The molecule has 0 radical (unpaired) electrons. The molecule has 0 atom stereocenters. The summed E-state index contributed by atoms with van der Waals surface area (Å²) in [6, 6.07) is 0. The first-order chi connectivity index (χ1) is 5.43. The fraction of sp³-hybridized carbons (Fsp3) is 0.200. The normalized spacial score (nSPS) is 17.4. The molecule has 0 unspecified atom stereocenters. The molecule has 1 rings (SSSR count). The molecule has 0 N–H and O–H groups in total. The minimum atomic E-state index is 1.11. The van der Waals surface area contributed by atoms with Gasteiger partial charge in [0.15, 0.2) is 0 Å². The molecule has 0 aliphatic heterocycles. The van der Waals surface area contributed by atoms with Crippen LogP contribution in [0.15, 0.2) is 46.0 Å². The van der Waals surface area contributed by atoms with Gasteiger partial charge in [0.2, 0.25) is 0 Å². The molecule has 0 amide bonds. The van der Waals surface area contributed by atoms with Crippen LogP contribution in [0.4, 0.5) is 0 Å². The Kier molecular flexibility index (Phi) is 4.00. The van der Waals surface area contributed by atoms with Crippen molar-refractivity contribution in [2.75, 3.05) is 0 Å². The van der Waals surface area contributed by atoms with Gasteiger partial charge in [-0.3, -0.25) is 0 Å². The Balaban J connectivity index is 2.22. The van der Waals surface area contributed by atoms with Crippen LogP contribution in [0.2, 0.25) is 0 Å². The summed E-state index contributed by atoms with van der Waals surface area (Å²) >= 11 is 1.62. The number of rotatable bonds is 3. The molecule has 0 spiro atoms. The van der Waals surface area contributed by atoms with Crippen molar-refractivity contribution in [1.29, 1.82) is 0 Å². The maximum atomic E-state index is 2.18. The van der Waals surface area contributed by atoms with Crippen LogP contribution < -0.4 is 0 Å². The van der Waals surface area contributed by atoms with Gasteiger partial charge in [0.05, 0.1) is 0 Å². The van der Waals surface area contributed by atoms with Crippen LogP contribution in [0, 0.1) is 0 Å². The quantitative estimate of drug-likeness (QED) is 0.475. The number of hydrogen-bond donors (Lipinski definition) is 0. The van der Waals surface area contributed by atoms with E-state index in [4.69, 9.17) is 0 Å². The monoisotopic (exact) mass is 190 g/mol. The fourth-order valence-electron chi connectivity index (χ4n) is 0.720. The Morgan fingerprint density at radius 3 is 3.00 bits per heavy atom. The van der Waals surface area contributed by atoms with Crippen molar-refractivity contribution in [3.8, 4) is 0 Å². The van der Waals surface area contributed by atoms with Gasteiger partial charge >= 0.3 is 73.8 Å². The molecule has 1 aliphatic rings. The van der Waals surface area contributed by atoms with E-state index in [-0.39, 0.29) is 0 Å². The molecular weight excluding hydrogens is 179 g/mol. The Bertz CT molecular complexity index is 219. The third-order valence-electron chi connectivity index (χ3n) is 1.24. The van der Waals surface area contributed by atoms with E-state index in [0.717, 1.165) is 6.42 Å². The zero-order valence-corrected chi connectivity index (χ0v) is 7.55. The average molecular weight is 191 g/mol. The average Bonchev–Trinajstić information content (AvgIpc) is 2.50. The molecule has 1 heteroatoms. The van der Waals surface area contributed by atoms with Crippen LogP contribution in [-0.2, 0) is 14.4 Å². The second kappa shape index (κ2) is 5.15. The first-order valence-electron chi connectivity index (χ1n) is 3.64. The second-order valence-electron chi connectivity index (χ2n) is 2.12. The van der Waals surface area contributed by atoms with Gasteiger partial charge in [-0.1, -0.05) is 0 Å². The summed E-state index contributed by atoms with van der Waals surface area (Å²) in [5.74, 6) is 0. The summed E-state index contributed by atoms with van der Waals surface area (Å²) < 4.78 is 1.44. The molecule has 11 heavy (non-hydrogen) atoms. The third kappa shape index (κ3) is 3.39. The molecule has 0 aromatic carbocycles. The van der Waals surface area contributed by atoms with E-state index in [1.165, 1.54) is 4.54 Å². The van der Waals surface area contributed by atoms with E-state index in [1.807, 2.05) is 19.1 Å². The minimum absolute atomic E-state index is 1.11. The molecule has 0 heterocycles. The van der Waals surface area contributed by atoms with Gasteiger partial charge in [0.1, 0.15) is 0 Å². The first kappa shape index (κ1) is 8.55. The van der Waals surface area contributed by atoms with Crippen molar-refractivity contribution in [2.45, 2.75) is 13.3 Å². The van der Waals surface area contributed by atoms with Crippen molar-refractivity contribution in [2.24, 2.45) is 0 Å². The van der Waals surface area contributed by atoms with Gasteiger partial charge in [-0.05, 0) is 0 Å². The van der Waals surface area contributed by atoms with Crippen LogP contribution in [0.25, 0.3) is 0 Å². The summed E-state index contributed by atoms with van der Waals surface area (Å²) in [6.45, 7) is 2.02. The van der Waals surface area contributed by atoms with Gasteiger partial charge in [-0.15, -0.1) is 0 Å². The molecule has 0 saturated carbocycles. The molecule has 0 fully saturated rings. The van der Waals surface area contributed by atoms with E-state index in [2.05, 4.69) is 29.4 Å². The molecule has 0 bridgehead atoms. The predicted octanol–water partition coefficient (Wildman–Crippen LogP) is 3.00. The molecule has 0 aromatic heterocycles. The Labute approximate surface area is 74.2 Å². The summed E-state index contributed by atoms with van der Waals surface area (Å²) in [5.41, 5.74) is 0. The molecule has 1 aliphatic carbocycles. The second-order valence-corrected chi connectivity index (χ2v) is 3.37.